The van der Waals surface area contributed by atoms with E-state index in [0.717, 1.165) is 24.2 Å². The largest absolute Gasteiger partial charge is 0.325 e. The topological polar surface area (TPSA) is 66.5 Å². The van der Waals surface area contributed by atoms with E-state index >= 15 is 0 Å². The van der Waals surface area contributed by atoms with Gasteiger partial charge in [0.1, 0.15) is 0 Å². The number of hydrogen-bond acceptors (Lipinski definition) is 4. The third-order valence-electron chi connectivity index (χ3n) is 4.25. The number of anilines is 1. The van der Waals surface area contributed by atoms with Gasteiger partial charge in [-0.15, -0.1) is 11.8 Å². The Morgan fingerprint density at radius 2 is 1.78 bits per heavy atom. The molecule has 0 spiro atoms. The highest BCUT2D eigenvalue weighted by Crippen LogP contribution is 2.24. The lowest BCUT2D eigenvalue weighted by atomic mass is 10.2. The van der Waals surface area contributed by atoms with Gasteiger partial charge in [-0.3, -0.25) is 4.79 Å². The lowest BCUT2D eigenvalue weighted by Gasteiger charge is -2.26. The van der Waals surface area contributed by atoms with Crippen molar-refractivity contribution >= 4 is 45.0 Å². The molecule has 0 unspecified atom stereocenters. The predicted molar refractivity (Wildman–Crippen MR) is 110 cm³/mol. The summed E-state index contributed by atoms with van der Waals surface area (Å²) >= 11 is 7.24. The van der Waals surface area contributed by atoms with E-state index in [1.807, 2.05) is 12.1 Å². The number of halogens is 1. The molecule has 0 radical (unpaired) electrons. The summed E-state index contributed by atoms with van der Waals surface area (Å²) in [7, 11) is -3.52. The van der Waals surface area contributed by atoms with Crippen LogP contribution < -0.4 is 5.32 Å². The Morgan fingerprint density at radius 1 is 1.07 bits per heavy atom. The third kappa shape index (κ3) is 5.48. The van der Waals surface area contributed by atoms with Crippen LogP contribution in [0.3, 0.4) is 0 Å². The Balaban J connectivity index is 1.63. The average Bonchev–Trinajstić information content (AvgIpc) is 2.68. The number of nitrogens with one attached hydrogen (secondary N) is 1. The zero-order chi connectivity index (χ0) is 19.3. The molecule has 1 aliphatic rings. The fourth-order valence-electron chi connectivity index (χ4n) is 2.87. The number of amides is 1. The molecule has 1 aliphatic heterocycles. The van der Waals surface area contributed by atoms with E-state index in [9.17, 15) is 13.2 Å². The molecule has 1 N–H and O–H groups in total. The van der Waals surface area contributed by atoms with Gasteiger partial charge in [0.25, 0.3) is 0 Å². The van der Waals surface area contributed by atoms with Gasteiger partial charge in [-0.1, -0.05) is 24.1 Å². The van der Waals surface area contributed by atoms with Crippen molar-refractivity contribution in [1.29, 1.82) is 0 Å². The van der Waals surface area contributed by atoms with Gasteiger partial charge in [0.05, 0.1) is 10.6 Å². The first kappa shape index (κ1) is 20.2. The molecule has 1 heterocycles. The molecule has 0 bridgehead atoms. The van der Waals surface area contributed by atoms with Crippen LogP contribution in [0, 0.1) is 0 Å². The van der Waals surface area contributed by atoms with Crippen LogP contribution >= 0.6 is 23.4 Å². The number of benzene rings is 2. The molecule has 5 nitrogen and oxygen atoms in total. The summed E-state index contributed by atoms with van der Waals surface area (Å²) in [5.41, 5.74) is 0.481. The summed E-state index contributed by atoms with van der Waals surface area (Å²) in [6.07, 6.45) is 2.84. The van der Waals surface area contributed by atoms with Crippen LogP contribution in [0.5, 0.6) is 0 Å². The summed E-state index contributed by atoms with van der Waals surface area (Å²) in [6.45, 7) is 1.10. The van der Waals surface area contributed by atoms with E-state index in [4.69, 9.17) is 11.6 Å². The van der Waals surface area contributed by atoms with Gasteiger partial charge in [0.2, 0.25) is 15.9 Å². The Morgan fingerprint density at radius 3 is 2.48 bits per heavy atom. The molecule has 144 valence electrons. The molecule has 1 fully saturated rings. The van der Waals surface area contributed by atoms with Crippen LogP contribution in [0.15, 0.2) is 58.3 Å². The first-order chi connectivity index (χ1) is 12.9. The molecule has 0 aliphatic carbocycles. The molecule has 0 atom stereocenters. The molecule has 0 aromatic heterocycles. The highest BCUT2D eigenvalue weighted by atomic mass is 35.5. The maximum Gasteiger partial charge on any atom is 0.243 e. The summed E-state index contributed by atoms with van der Waals surface area (Å²) in [4.78, 5) is 13.4. The number of carbonyl (C=O) groups is 1. The van der Waals surface area contributed by atoms with Crippen LogP contribution in [0.1, 0.15) is 19.3 Å². The van der Waals surface area contributed by atoms with Crippen LogP contribution in [0.2, 0.25) is 5.02 Å². The molecule has 0 saturated carbocycles. The molecule has 1 amide bonds. The summed E-state index contributed by atoms with van der Waals surface area (Å²) < 4.78 is 27.0. The van der Waals surface area contributed by atoms with Crippen LogP contribution in [0.25, 0.3) is 0 Å². The number of thioether (sulfide) groups is 1. The van der Waals surface area contributed by atoms with Crippen LogP contribution in [0.4, 0.5) is 5.69 Å². The van der Waals surface area contributed by atoms with Gasteiger partial charge >= 0.3 is 0 Å². The Hall–Kier alpha value is -1.54. The molecule has 27 heavy (non-hydrogen) atoms. The molecule has 8 heteroatoms. The summed E-state index contributed by atoms with van der Waals surface area (Å²) in [6, 6.07) is 13.7. The fourth-order valence-corrected chi connectivity index (χ4v) is 5.25. The Kier molecular flexibility index (Phi) is 6.81. The first-order valence-corrected chi connectivity index (χ1v) is 11.5. The number of nitrogens with zero attached hydrogens (tertiary/aromatic N) is 1. The zero-order valence-corrected chi connectivity index (χ0v) is 17.1. The normalized spacial score (nSPS) is 15.4. The Labute approximate surface area is 169 Å². The molecule has 1 saturated heterocycles. The minimum Gasteiger partial charge on any atom is -0.325 e. The maximum absolute atomic E-state index is 12.8. The number of piperidine rings is 1. The van der Waals surface area contributed by atoms with Gasteiger partial charge < -0.3 is 5.32 Å². The van der Waals surface area contributed by atoms with Crippen molar-refractivity contribution < 1.29 is 13.2 Å². The van der Waals surface area contributed by atoms with Crippen molar-refractivity contribution in [2.75, 3.05) is 24.2 Å². The van der Waals surface area contributed by atoms with Gasteiger partial charge in [-0.05, 0) is 55.3 Å². The predicted octanol–water partition coefficient (Wildman–Crippen LogP) is 4.25. The van der Waals surface area contributed by atoms with Crippen molar-refractivity contribution in [2.45, 2.75) is 29.1 Å². The van der Waals surface area contributed by atoms with Gasteiger partial charge in [-0.25, -0.2) is 8.42 Å². The third-order valence-corrected chi connectivity index (χ3v) is 7.41. The van der Waals surface area contributed by atoms with E-state index in [-0.39, 0.29) is 16.6 Å². The van der Waals surface area contributed by atoms with E-state index in [2.05, 4.69) is 5.32 Å². The highest BCUT2D eigenvalue weighted by molar-refractivity contribution is 8.00. The van der Waals surface area contributed by atoms with Crippen molar-refractivity contribution in [3.63, 3.8) is 0 Å². The smallest absolute Gasteiger partial charge is 0.243 e. The van der Waals surface area contributed by atoms with Crippen molar-refractivity contribution in [3.05, 3.63) is 53.6 Å². The van der Waals surface area contributed by atoms with Crippen LogP contribution in [-0.4, -0.2) is 37.5 Å². The lowest BCUT2D eigenvalue weighted by Crippen LogP contribution is -2.35. The minimum absolute atomic E-state index is 0.192. The number of hydrogen-bond donors (Lipinski definition) is 1. The number of rotatable bonds is 6. The number of carbonyl (C=O) groups excluding carboxylic acids is 1. The first-order valence-electron chi connectivity index (χ1n) is 8.73. The van der Waals surface area contributed by atoms with Crippen molar-refractivity contribution in [1.82, 2.24) is 4.31 Å². The van der Waals surface area contributed by atoms with Crippen molar-refractivity contribution in [2.24, 2.45) is 0 Å². The van der Waals surface area contributed by atoms with E-state index < -0.39 is 10.0 Å². The Bertz CT molecular complexity index is 895. The molecule has 2 aromatic carbocycles. The average molecular weight is 425 g/mol. The standard InChI is InChI=1S/C19H21ClN2O3S2/c20-15-7-9-17(10-8-15)26-14-19(23)21-16-5-4-6-18(13-16)27(24,25)22-11-2-1-3-12-22/h4-10,13H,1-3,11-12,14H2,(H,21,23). The molecule has 3 rings (SSSR count). The zero-order valence-electron chi connectivity index (χ0n) is 14.7. The highest BCUT2D eigenvalue weighted by Gasteiger charge is 2.26. The van der Waals surface area contributed by atoms with E-state index in [1.54, 1.807) is 30.3 Å². The van der Waals surface area contributed by atoms with E-state index in [0.29, 0.717) is 23.8 Å². The second-order valence-electron chi connectivity index (χ2n) is 6.28. The number of sulfonamides is 1. The molecular formula is C19H21ClN2O3S2. The molecular weight excluding hydrogens is 404 g/mol. The summed E-state index contributed by atoms with van der Waals surface area (Å²) in [5.74, 6) is 0.0348. The summed E-state index contributed by atoms with van der Waals surface area (Å²) in [5, 5.41) is 3.42. The van der Waals surface area contributed by atoms with Gasteiger partial charge in [0, 0.05) is 28.7 Å². The molecule has 2 aromatic rings. The maximum atomic E-state index is 12.8. The quantitative estimate of drug-likeness (QED) is 0.704. The SMILES string of the molecule is O=C(CSc1ccc(Cl)cc1)Nc1cccc(S(=O)(=O)N2CCCCC2)c1. The van der Waals surface area contributed by atoms with E-state index in [1.165, 1.54) is 22.1 Å². The second kappa shape index (κ2) is 9.10. The van der Waals surface area contributed by atoms with Gasteiger partial charge in [0.15, 0.2) is 0 Å². The van der Waals surface area contributed by atoms with Crippen molar-refractivity contribution in [3.8, 4) is 0 Å². The monoisotopic (exact) mass is 424 g/mol. The minimum atomic E-state index is -3.52. The fraction of sp³-hybridized carbons (Fsp3) is 0.316. The van der Waals surface area contributed by atoms with Gasteiger partial charge in [-0.2, -0.15) is 4.31 Å². The van der Waals surface area contributed by atoms with Crippen LogP contribution in [-0.2, 0) is 14.8 Å². The second-order valence-corrected chi connectivity index (χ2v) is 9.71. The lowest BCUT2D eigenvalue weighted by molar-refractivity contribution is -0.113.